The molecule has 10 rings (SSSR count). The van der Waals surface area contributed by atoms with E-state index in [9.17, 15) is 0 Å². The maximum atomic E-state index is 4.87. The average molecular weight is 532 g/mol. The molecule has 0 aliphatic heterocycles. The maximum absolute atomic E-state index is 4.87. The van der Waals surface area contributed by atoms with Crippen molar-refractivity contribution in [1.82, 2.24) is 4.98 Å². The van der Waals surface area contributed by atoms with Crippen molar-refractivity contribution in [2.75, 3.05) is 0 Å². The lowest BCUT2D eigenvalue weighted by Crippen LogP contribution is -1.90. The molecule has 0 radical (unpaired) electrons. The summed E-state index contributed by atoms with van der Waals surface area (Å²) in [6.45, 7) is 4.42. The highest BCUT2D eigenvalue weighted by Gasteiger charge is 2.27. The topological polar surface area (TPSA) is 12.9 Å². The largest absolute Gasteiger partial charge is 0.256 e. The number of aromatic nitrogens is 1. The molecule has 1 heterocycles. The Balaban J connectivity index is 1.32. The predicted octanol–water partition coefficient (Wildman–Crippen LogP) is 11.3. The van der Waals surface area contributed by atoms with Crippen molar-refractivity contribution in [2.24, 2.45) is 0 Å². The molecule has 0 saturated carbocycles. The first kappa shape index (κ1) is 22.4. The van der Waals surface area contributed by atoms with Crippen LogP contribution in [0.5, 0.6) is 0 Å². The monoisotopic (exact) mass is 531 g/mol. The molecular formula is C41H25N. The molecule has 2 aliphatic rings. The number of benzene rings is 7. The van der Waals surface area contributed by atoms with Crippen LogP contribution in [0.15, 0.2) is 115 Å². The Morgan fingerprint density at radius 3 is 2.10 bits per heavy atom. The lowest BCUT2D eigenvalue weighted by Gasteiger charge is -2.16. The maximum Gasteiger partial charge on any atom is 0.0787 e. The fourth-order valence-corrected chi connectivity index (χ4v) is 7.92. The second-order valence-electron chi connectivity index (χ2n) is 12.0. The van der Waals surface area contributed by atoms with Crippen molar-refractivity contribution in [3.05, 3.63) is 127 Å². The minimum Gasteiger partial charge on any atom is -0.256 e. The summed E-state index contributed by atoms with van der Waals surface area (Å²) in [5.74, 6) is 0. The molecule has 2 aliphatic carbocycles. The van der Waals surface area contributed by atoms with Gasteiger partial charge in [0.05, 0.1) is 5.69 Å². The minimum atomic E-state index is 1.10. The van der Waals surface area contributed by atoms with Crippen LogP contribution in [0.2, 0.25) is 0 Å². The van der Waals surface area contributed by atoms with Gasteiger partial charge in [-0.15, -0.1) is 0 Å². The Morgan fingerprint density at radius 2 is 1.21 bits per heavy atom. The Kier molecular flexibility index (Phi) is 4.12. The van der Waals surface area contributed by atoms with Crippen LogP contribution in [0.4, 0.5) is 0 Å². The van der Waals surface area contributed by atoms with Gasteiger partial charge in [-0.1, -0.05) is 90.5 Å². The van der Waals surface area contributed by atoms with Gasteiger partial charge in [-0.25, -0.2) is 0 Å². The Hall–Kier alpha value is -5.27. The van der Waals surface area contributed by atoms with Crippen LogP contribution in [0.3, 0.4) is 0 Å². The van der Waals surface area contributed by atoms with Gasteiger partial charge < -0.3 is 0 Å². The van der Waals surface area contributed by atoms with Crippen molar-refractivity contribution in [3.8, 4) is 55.8 Å². The Morgan fingerprint density at radius 1 is 0.452 bits per heavy atom. The fraction of sp³-hybridized carbons (Fsp3) is 0.0488. The first-order chi connectivity index (χ1) is 20.7. The van der Waals surface area contributed by atoms with E-state index in [1.165, 1.54) is 104 Å². The van der Waals surface area contributed by atoms with Gasteiger partial charge in [0.1, 0.15) is 0 Å². The van der Waals surface area contributed by atoms with Crippen molar-refractivity contribution in [2.45, 2.75) is 13.8 Å². The summed E-state index contributed by atoms with van der Waals surface area (Å²) in [5.41, 5.74) is 15.4. The molecule has 0 N–H and O–H groups in total. The SMILES string of the molecule is Cc1ccc2c(c1)c(-c1ccc3c(c1)-c1cccc4cccc-3c14)cc1c3ccc(C)c4c3c(cc21)-c1ncccc1-4. The number of pyridine rings is 1. The quantitative estimate of drug-likeness (QED) is 0.192. The van der Waals surface area contributed by atoms with Crippen molar-refractivity contribution in [3.63, 3.8) is 0 Å². The summed E-state index contributed by atoms with van der Waals surface area (Å²) in [4.78, 5) is 4.87. The van der Waals surface area contributed by atoms with E-state index >= 15 is 0 Å². The minimum absolute atomic E-state index is 1.10. The second-order valence-corrected chi connectivity index (χ2v) is 12.0. The van der Waals surface area contributed by atoms with Crippen molar-refractivity contribution in [1.29, 1.82) is 0 Å². The molecule has 8 aromatic rings. The van der Waals surface area contributed by atoms with Gasteiger partial charge in [0.15, 0.2) is 0 Å². The molecule has 194 valence electrons. The molecule has 1 aromatic heterocycles. The number of hydrogen-bond donors (Lipinski definition) is 0. The smallest absolute Gasteiger partial charge is 0.0787 e. The molecule has 0 amide bonds. The van der Waals surface area contributed by atoms with Crippen LogP contribution in [-0.4, -0.2) is 4.98 Å². The third-order valence-corrected chi connectivity index (χ3v) is 9.74. The van der Waals surface area contributed by atoms with Gasteiger partial charge in [-0.2, -0.15) is 0 Å². The summed E-state index contributed by atoms with van der Waals surface area (Å²) in [7, 11) is 0. The van der Waals surface area contributed by atoms with Crippen molar-refractivity contribution < 1.29 is 0 Å². The third kappa shape index (κ3) is 2.71. The molecule has 0 unspecified atom stereocenters. The van der Waals surface area contributed by atoms with E-state index < -0.39 is 0 Å². The van der Waals surface area contributed by atoms with E-state index in [-0.39, 0.29) is 0 Å². The summed E-state index contributed by atoms with van der Waals surface area (Å²) in [6, 6.07) is 41.2. The number of rotatable bonds is 1. The normalized spacial score (nSPS) is 12.5. The van der Waals surface area contributed by atoms with E-state index in [2.05, 4.69) is 123 Å². The number of hydrogen-bond acceptors (Lipinski definition) is 1. The molecule has 7 aromatic carbocycles. The van der Waals surface area contributed by atoms with E-state index in [0.29, 0.717) is 0 Å². The fourth-order valence-electron chi connectivity index (χ4n) is 7.92. The molecule has 0 fully saturated rings. The van der Waals surface area contributed by atoms with E-state index in [0.717, 1.165) is 5.69 Å². The Bertz CT molecular complexity index is 2530. The predicted molar refractivity (Wildman–Crippen MR) is 178 cm³/mol. The van der Waals surface area contributed by atoms with Crippen molar-refractivity contribution >= 4 is 43.1 Å². The lowest BCUT2D eigenvalue weighted by atomic mass is 9.87. The summed E-state index contributed by atoms with van der Waals surface area (Å²) in [6.07, 6.45) is 1.92. The summed E-state index contributed by atoms with van der Waals surface area (Å²) in [5, 5.41) is 10.5. The zero-order valence-corrected chi connectivity index (χ0v) is 23.4. The highest BCUT2D eigenvalue weighted by atomic mass is 14.7. The molecular weight excluding hydrogens is 506 g/mol. The van der Waals surface area contributed by atoms with E-state index in [1.807, 2.05) is 6.20 Å². The molecule has 0 bridgehead atoms. The molecule has 0 saturated heterocycles. The van der Waals surface area contributed by atoms with Crippen LogP contribution in [-0.2, 0) is 0 Å². The van der Waals surface area contributed by atoms with Crippen LogP contribution in [0.25, 0.3) is 98.9 Å². The van der Waals surface area contributed by atoms with Gasteiger partial charge in [0.2, 0.25) is 0 Å². The molecule has 0 atom stereocenters. The number of fused-ring (bicyclic) bond motifs is 10. The summed E-state index contributed by atoms with van der Waals surface area (Å²) >= 11 is 0. The van der Waals surface area contributed by atoms with Gasteiger partial charge >= 0.3 is 0 Å². The van der Waals surface area contributed by atoms with Crippen LogP contribution in [0.1, 0.15) is 11.1 Å². The first-order valence-electron chi connectivity index (χ1n) is 14.7. The van der Waals surface area contributed by atoms with Gasteiger partial charge in [0, 0.05) is 17.3 Å². The van der Waals surface area contributed by atoms with Crippen LogP contribution >= 0.6 is 0 Å². The van der Waals surface area contributed by atoms with Gasteiger partial charge in [0.25, 0.3) is 0 Å². The van der Waals surface area contributed by atoms with Gasteiger partial charge in [-0.3, -0.25) is 4.98 Å². The highest BCUT2D eigenvalue weighted by Crippen LogP contribution is 2.52. The van der Waals surface area contributed by atoms with E-state index in [1.54, 1.807) is 0 Å². The third-order valence-electron chi connectivity index (χ3n) is 9.74. The Labute approximate surface area is 243 Å². The molecule has 42 heavy (non-hydrogen) atoms. The molecule has 1 heteroatoms. The van der Waals surface area contributed by atoms with E-state index in [4.69, 9.17) is 4.98 Å². The molecule has 0 spiro atoms. The number of aryl methyl sites for hydroxylation is 2. The zero-order chi connectivity index (χ0) is 27.7. The van der Waals surface area contributed by atoms with Crippen LogP contribution < -0.4 is 0 Å². The molecule has 1 nitrogen and oxygen atoms in total. The zero-order valence-electron chi connectivity index (χ0n) is 23.4. The van der Waals surface area contributed by atoms with Crippen LogP contribution in [0, 0.1) is 13.8 Å². The standard InChI is InChI=1S/C41H25N/c1-22-11-14-27-33(18-22)32(25-13-16-26-28-8-3-6-24-7-4-9-29(39(24)28)34(26)19-25)20-36-30-15-12-23(2)38-31-10-5-17-42-41(31)37(40(30)38)21-35(27)36/h3-21H,1-2H3. The number of nitrogens with zero attached hydrogens (tertiary/aromatic N) is 1. The average Bonchev–Trinajstić information content (AvgIpc) is 3.53. The first-order valence-corrected chi connectivity index (χ1v) is 14.7. The summed E-state index contributed by atoms with van der Waals surface area (Å²) < 4.78 is 0. The second kappa shape index (κ2) is 7.72. The highest BCUT2D eigenvalue weighted by molar-refractivity contribution is 6.29. The van der Waals surface area contributed by atoms with Gasteiger partial charge in [-0.05, 0) is 126 Å². The lowest BCUT2D eigenvalue weighted by molar-refractivity contribution is 1.34.